The van der Waals surface area contributed by atoms with E-state index in [1.54, 1.807) is 5.94 Å². The van der Waals surface area contributed by atoms with E-state index in [2.05, 4.69) is 6.92 Å². The molecule has 0 N–H and O–H groups in total. The number of hydrogen-bond acceptors (Lipinski definition) is 2. The third-order valence-corrected chi connectivity index (χ3v) is 2.20. The topological polar surface area (TPSA) is 34.1 Å². The van der Waals surface area contributed by atoms with E-state index in [0.717, 1.165) is 44.9 Å². The van der Waals surface area contributed by atoms with E-state index in [4.69, 9.17) is 0 Å². The Bertz CT molecular complexity index is 190. The molecule has 0 fully saturated rings. The van der Waals surface area contributed by atoms with Gasteiger partial charge < -0.3 is 0 Å². The van der Waals surface area contributed by atoms with E-state index in [1.807, 2.05) is 0 Å². The van der Waals surface area contributed by atoms with Crippen molar-refractivity contribution in [2.45, 2.75) is 58.3 Å². The molecule has 0 aromatic heterocycles. The average Bonchev–Trinajstić information content (AvgIpc) is 2.20. The van der Waals surface area contributed by atoms with Crippen LogP contribution in [0.25, 0.3) is 0 Å². The Morgan fingerprint density at radius 1 is 1.14 bits per heavy atom. The van der Waals surface area contributed by atoms with Gasteiger partial charge in [0.05, 0.1) is 0 Å². The molecule has 0 aromatic rings. The van der Waals surface area contributed by atoms with Crippen LogP contribution in [0, 0.1) is 0 Å². The molecule has 0 bridgehead atoms. The number of Topliss-reactive ketones (excluding diaryl/α,β-unsaturated/α-hetero) is 1. The lowest BCUT2D eigenvalue weighted by Gasteiger charge is -1.98. The Hall–Kier alpha value is -0.880. The summed E-state index contributed by atoms with van der Waals surface area (Å²) in [4.78, 5) is 21.0. The van der Waals surface area contributed by atoms with Crippen molar-refractivity contribution >= 4 is 11.7 Å². The van der Waals surface area contributed by atoms with Gasteiger partial charge in [0.25, 0.3) is 0 Å². The summed E-state index contributed by atoms with van der Waals surface area (Å²) in [6, 6.07) is 0. The summed E-state index contributed by atoms with van der Waals surface area (Å²) in [6.45, 7) is 2.10. The Kier molecular flexibility index (Phi) is 9.56. The first-order valence-electron chi connectivity index (χ1n) is 5.52. The second-order valence-corrected chi connectivity index (χ2v) is 3.56. The molecule has 0 amide bonds. The maximum atomic E-state index is 11.2. The lowest BCUT2D eigenvalue weighted by atomic mass is 10.1. The van der Waals surface area contributed by atoms with Crippen molar-refractivity contribution < 1.29 is 9.59 Å². The normalized spacial score (nSPS) is 9.50. The summed E-state index contributed by atoms with van der Waals surface area (Å²) < 4.78 is 0. The van der Waals surface area contributed by atoms with E-state index < -0.39 is 0 Å². The minimum absolute atomic E-state index is 0.387. The third-order valence-electron chi connectivity index (χ3n) is 2.20. The predicted molar refractivity (Wildman–Crippen MR) is 57.9 cm³/mol. The lowest BCUT2D eigenvalue weighted by Crippen LogP contribution is -1.96. The number of ketones is 1. The smallest absolute Gasteiger partial charge is 0.132 e. The van der Waals surface area contributed by atoms with Crippen molar-refractivity contribution in [3.05, 3.63) is 6.08 Å². The van der Waals surface area contributed by atoms with Crippen LogP contribution in [0.3, 0.4) is 0 Å². The molecule has 0 aromatic carbocycles. The van der Waals surface area contributed by atoms with Crippen molar-refractivity contribution in [2.75, 3.05) is 0 Å². The van der Waals surface area contributed by atoms with Crippen LogP contribution in [0.1, 0.15) is 58.3 Å². The Balaban J connectivity index is 3.18. The molecule has 0 radical (unpaired) electrons. The molecule has 0 atom stereocenters. The molecule has 0 heterocycles. The first-order valence-corrected chi connectivity index (χ1v) is 5.52. The van der Waals surface area contributed by atoms with Gasteiger partial charge in [-0.3, -0.25) is 4.79 Å². The highest BCUT2D eigenvalue weighted by Gasteiger charge is 1.99. The fraction of sp³-hybridized carbons (Fsp3) is 0.750. The van der Waals surface area contributed by atoms with Crippen LogP contribution < -0.4 is 0 Å². The van der Waals surface area contributed by atoms with E-state index in [9.17, 15) is 9.59 Å². The lowest BCUT2D eigenvalue weighted by molar-refractivity contribution is -0.119. The zero-order chi connectivity index (χ0) is 10.6. The van der Waals surface area contributed by atoms with Crippen molar-refractivity contribution in [3.8, 4) is 0 Å². The molecular formula is C12H20O2. The van der Waals surface area contributed by atoms with Crippen molar-refractivity contribution in [2.24, 2.45) is 0 Å². The highest BCUT2D eigenvalue weighted by molar-refractivity contribution is 5.78. The minimum Gasteiger partial charge on any atom is -0.300 e. The molecule has 0 saturated heterocycles. The molecule has 0 rings (SSSR count). The summed E-state index contributed by atoms with van der Waals surface area (Å²) in [7, 11) is 0. The monoisotopic (exact) mass is 196 g/mol. The zero-order valence-corrected chi connectivity index (χ0v) is 9.05. The van der Waals surface area contributed by atoms with Crippen LogP contribution in [0.4, 0.5) is 0 Å². The van der Waals surface area contributed by atoms with Gasteiger partial charge in [0.1, 0.15) is 11.7 Å². The molecule has 0 spiro atoms. The summed E-state index contributed by atoms with van der Waals surface area (Å²) in [6.07, 6.45) is 8.88. The Morgan fingerprint density at radius 2 is 1.86 bits per heavy atom. The molecule has 0 aliphatic rings. The van der Waals surface area contributed by atoms with Gasteiger partial charge in [-0.1, -0.05) is 19.8 Å². The van der Waals surface area contributed by atoms with Gasteiger partial charge in [-0.05, 0) is 31.8 Å². The summed E-state index contributed by atoms with van der Waals surface area (Å²) in [5.41, 5.74) is 0. The maximum Gasteiger partial charge on any atom is 0.132 e. The van der Waals surface area contributed by atoms with E-state index in [1.165, 1.54) is 6.08 Å². The van der Waals surface area contributed by atoms with E-state index >= 15 is 0 Å². The number of carbonyl (C=O) groups excluding carboxylic acids is 2. The van der Waals surface area contributed by atoms with Gasteiger partial charge >= 0.3 is 0 Å². The molecule has 80 valence electrons. The number of unbranched alkanes of at least 4 members (excludes halogenated alkanes) is 4. The van der Waals surface area contributed by atoms with Gasteiger partial charge in [0.15, 0.2) is 0 Å². The molecule has 2 heteroatoms. The first-order chi connectivity index (χ1) is 6.81. The van der Waals surface area contributed by atoms with Crippen LogP contribution in [-0.4, -0.2) is 11.7 Å². The van der Waals surface area contributed by atoms with E-state index in [0.29, 0.717) is 12.2 Å². The van der Waals surface area contributed by atoms with Crippen LogP contribution in [0.2, 0.25) is 0 Å². The van der Waals surface area contributed by atoms with Gasteiger partial charge in [-0.25, -0.2) is 4.79 Å². The van der Waals surface area contributed by atoms with Crippen LogP contribution in [0.5, 0.6) is 0 Å². The third kappa shape index (κ3) is 9.21. The molecule has 14 heavy (non-hydrogen) atoms. The Morgan fingerprint density at radius 3 is 2.50 bits per heavy atom. The average molecular weight is 196 g/mol. The molecule has 0 unspecified atom stereocenters. The minimum atomic E-state index is 0.387. The maximum absolute atomic E-state index is 11.2. The molecule has 0 aliphatic carbocycles. The standard InChI is InChI=1S/C12H20O2/c1-2-3-9-12(14)10-7-5-4-6-8-11-13/h8H,2-7,9-10H2,1H3. The Labute approximate surface area is 86.4 Å². The van der Waals surface area contributed by atoms with Gasteiger partial charge in [0, 0.05) is 12.8 Å². The summed E-state index contributed by atoms with van der Waals surface area (Å²) in [5, 5.41) is 0. The van der Waals surface area contributed by atoms with Crippen LogP contribution in [-0.2, 0) is 9.59 Å². The van der Waals surface area contributed by atoms with Gasteiger partial charge in [0.2, 0.25) is 0 Å². The molecule has 0 saturated carbocycles. The van der Waals surface area contributed by atoms with Crippen LogP contribution in [0.15, 0.2) is 6.08 Å². The SMILES string of the molecule is CCCCC(=O)CCCCCC=C=O. The zero-order valence-electron chi connectivity index (χ0n) is 9.05. The quantitative estimate of drug-likeness (QED) is 0.419. The molecular weight excluding hydrogens is 176 g/mol. The number of carbonyl (C=O) groups is 1. The van der Waals surface area contributed by atoms with Gasteiger partial charge in [-0.15, -0.1) is 0 Å². The number of rotatable bonds is 9. The summed E-state index contributed by atoms with van der Waals surface area (Å²) in [5.74, 6) is 2.14. The fourth-order valence-electron chi connectivity index (χ4n) is 1.30. The fourth-order valence-corrected chi connectivity index (χ4v) is 1.30. The van der Waals surface area contributed by atoms with Crippen LogP contribution >= 0.6 is 0 Å². The van der Waals surface area contributed by atoms with Crippen molar-refractivity contribution in [3.63, 3.8) is 0 Å². The van der Waals surface area contributed by atoms with Gasteiger partial charge in [-0.2, -0.15) is 0 Å². The number of hydrogen-bond donors (Lipinski definition) is 0. The largest absolute Gasteiger partial charge is 0.300 e. The van der Waals surface area contributed by atoms with E-state index in [-0.39, 0.29) is 0 Å². The van der Waals surface area contributed by atoms with Crippen molar-refractivity contribution in [1.29, 1.82) is 0 Å². The molecule has 2 nitrogen and oxygen atoms in total. The summed E-state index contributed by atoms with van der Waals surface area (Å²) >= 11 is 0. The second-order valence-electron chi connectivity index (χ2n) is 3.56. The highest BCUT2D eigenvalue weighted by atomic mass is 16.1. The number of allylic oxidation sites excluding steroid dienone is 1. The first kappa shape index (κ1) is 13.1. The van der Waals surface area contributed by atoms with Crippen molar-refractivity contribution in [1.82, 2.24) is 0 Å². The predicted octanol–water partition coefficient (Wildman–Crippen LogP) is 3.08. The highest BCUT2D eigenvalue weighted by Crippen LogP contribution is 2.06. The molecule has 0 aliphatic heterocycles. The second kappa shape index (κ2) is 10.2.